The quantitative estimate of drug-likeness (QED) is 0.650. The van der Waals surface area contributed by atoms with Crippen molar-refractivity contribution in [1.29, 1.82) is 0 Å². The number of carbonyl (C=O) groups excluding carboxylic acids is 2. The first kappa shape index (κ1) is 17.4. The maximum absolute atomic E-state index is 12.7. The molecular weight excluding hydrogens is 340 g/mol. The predicted molar refractivity (Wildman–Crippen MR) is 105 cm³/mol. The molecule has 3 heterocycles. The highest BCUT2D eigenvalue weighted by atomic mass is 16.2. The summed E-state index contributed by atoms with van der Waals surface area (Å²) in [6.07, 6.45) is 7.49. The summed E-state index contributed by atoms with van der Waals surface area (Å²) in [6.45, 7) is 3.27. The minimum Gasteiger partial charge on any atom is -0.367 e. The highest BCUT2D eigenvalue weighted by Crippen LogP contribution is 2.19. The van der Waals surface area contributed by atoms with Gasteiger partial charge in [0.2, 0.25) is 5.91 Å². The smallest absolute Gasteiger partial charge is 0.255 e. The number of fused-ring (bicyclic) bond motifs is 1. The number of aryl methyl sites for hydroxylation is 1. The summed E-state index contributed by atoms with van der Waals surface area (Å²) in [7, 11) is 0. The summed E-state index contributed by atoms with van der Waals surface area (Å²) in [5.41, 5.74) is 3.81. The highest BCUT2D eigenvalue weighted by Gasteiger charge is 2.29. The van der Waals surface area contributed by atoms with Gasteiger partial charge in [-0.2, -0.15) is 0 Å². The third-order valence-electron chi connectivity index (χ3n) is 5.31. The fraction of sp³-hybridized carbons (Fsp3) is 0.333. The van der Waals surface area contributed by atoms with Crippen LogP contribution in [-0.2, 0) is 17.6 Å². The standard InChI is InChI=1S/C21H24N4O2/c1-2-14-10-22-12-18(14)21(27)25-8-7-16(13-25)24-20(26)9-15-11-23-19-6-4-3-5-17(15)19/h3-6,10-12,16,22-23H,2,7-9,13H2,1H3,(H,24,26). The van der Waals surface area contributed by atoms with Gasteiger partial charge in [-0.3, -0.25) is 9.59 Å². The number of rotatable bonds is 5. The third-order valence-corrected chi connectivity index (χ3v) is 5.31. The summed E-state index contributed by atoms with van der Waals surface area (Å²) < 4.78 is 0. The Morgan fingerprint density at radius 1 is 1.19 bits per heavy atom. The zero-order valence-corrected chi connectivity index (χ0v) is 15.4. The van der Waals surface area contributed by atoms with Crippen LogP contribution in [-0.4, -0.2) is 45.8 Å². The topological polar surface area (TPSA) is 81.0 Å². The number of nitrogens with one attached hydrogen (secondary N) is 3. The molecule has 0 saturated carbocycles. The average Bonchev–Trinajstić information content (AvgIpc) is 3.41. The number of amides is 2. The van der Waals surface area contributed by atoms with Crippen molar-refractivity contribution in [1.82, 2.24) is 20.2 Å². The fourth-order valence-electron chi connectivity index (χ4n) is 3.85. The normalized spacial score (nSPS) is 16.8. The van der Waals surface area contributed by atoms with Crippen molar-refractivity contribution in [3.05, 3.63) is 59.5 Å². The summed E-state index contributed by atoms with van der Waals surface area (Å²) in [4.78, 5) is 33.2. The van der Waals surface area contributed by atoms with Crippen LogP contribution >= 0.6 is 0 Å². The Balaban J connectivity index is 1.35. The van der Waals surface area contributed by atoms with Gasteiger partial charge in [0.1, 0.15) is 0 Å². The Morgan fingerprint density at radius 3 is 2.89 bits per heavy atom. The van der Waals surface area contributed by atoms with Gasteiger partial charge in [-0.25, -0.2) is 0 Å². The second kappa shape index (κ2) is 7.31. The number of H-pyrrole nitrogens is 2. The first-order valence-electron chi connectivity index (χ1n) is 9.45. The third kappa shape index (κ3) is 3.47. The molecule has 0 spiro atoms. The van der Waals surface area contributed by atoms with Crippen molar-refractivity contribution in [3.63, 3.8) is 0 Å². The van der Waals surface area contributed by atoms with Gasteiger partial charge in [-0.1, -0.05) is 25.1 Å². The number of para-hydroxylation sites is 1. The number of likely N-dealkylation sites (tertiary alicyclic amines) is 1. The van der Waals surface area contributed by atoms with Gasteiger partial charge < -0.3 is 20.2 Å². The van der Waals surface area contributed by atoms with Crippen LogP contribution < -0.4 is 5.32 Å². The molecule has 6 nitrogen and oxygen atoms in total. The molecule has 1 saturated heterocycles. The van der Waals surface area contributed by atoms with E-state index in [0.29, 0.717) is 19.5 Å². The molecule has 1 aliphatic heterocycles. The fourth-order valence-corrected chi connectivity index (χ4v) is 3.85. The van der Waals surface area contributed by atoms with Gasteiger partial charge >= 0.3 is 0 Å². The lowest BCUT2D eigenvalue weighted by molar-refractivity contribution is -0.121. The molecule has 140 valence electrons. The van der Waals surface area contributed by atoms with Gasteiger partial charge in [0, 0.05) is 48.6 Å². The number of benzene rings is 1. The zero-order chi connectivity index (χ0) is 18.8. The van der Waals surface area contributed by atoms with Crippen LogP contribution in [0.4, 0.5) is 0 Å². The Morgan fingerprint density at radius 2 is 2.04 bits per heavy atom. The minimum absolute atomic E-state index is 0.00468. The minimum atomic E-state index is -0.00468. The zero-order valence-electron chi connectivity index (χ0n) is 15.4. The molecule has 27 heavy (non-hydrogen) atoms. The van der Waals surface area contributed by atoms with Crippen LogP contribution in [0.5, 0.6) is 0 Å². The first-order valence-corrected chi connectivity index (χ1v) is 9.45. The molecule has 1 fully saturated rings. The van der Waals surface area contributed by atoms with E-state index in [9.17, 15) is 9.59 Å². The van der Waals surface area contributed by atoms with Crippen molar-refractivity contribution < 1.29 is 9.59 Å². The molecule has 4 rings (SSSR count). The number of carbonyl (C=O) groups is 2. The lowest BCUT2D eigenvalue weighted by Crippen LogP contribution is -2.39. The molecule has 1 aromatic carbocycles. The van der Waals surface area contributed by atoms with Crippen LogP contribution in [0.3, 0.4) is 0 Å². The molecule has 3 N–H and O–H groups in total. The average molecular weight is 364 g/mol. The number of aromatic nitrogens is 2. The second-order valence-electron chi connectivity index (χ2n) is 7.09. The van der Waals surface area contributed by atoms with Crippen molar-refractivity contribution in [2.75, 3.05) is 13.1 Å². The van der Waals surface area contributed by atoms with E-state index < -0.39 is 0 Å². The summed E-state index contributed by atoms with van der Waals surface area (Å²) >= 11 is 0. The molecule has 0 radical (unpaired) electrons. The molecule has 0 aliphatic carbocycles. The maximum atomic E-state index is 12.7. The number of aromatic amines is 2. The molecule has 0 bridgehead atoms. The molecule has 1 atom stereocenters. The van der Waals surface area contributed by atoms with Crippen molar-refractivity contribution in [2.45, 2.75) is 32.2 Å². The van der Waals surface area contributed by atoms with Crippen LogP contribution in [0.2, 0.25) is 0 Å². The molecule has 3 aromatic rings. The van der Waals surface area contributed by atoms with E-state index >= 15 is 0 Å². The number of hydrogen-bond acceptors (Lipinski definition) is 2. The Kier molecular flexibility index (Phi) is 4.71. The lowest BCUT2D eigenvalue weighted by Gasteiger charge is -2.17. The SMILES string of the molecule is CCc1c[nH]cc1C(=O)N1CCC(NC(=O)Cc2c[nH]c3ccccc23)C1. The number of hydrogen-bond donors (Lipinski definition) is 3. The monoisotopic (exact) mass is 364 g/mol. The van der Waals surface area contributed by atoms with Crippen molar-refractivity contribution >= 4 is 22.7 Å². The Bertz CT molecular complexity index is 971. The molecule has 6 heteroatoms. The van der Waals surface area contributed by atoms with Crippen molar-refractivity contribution in [2.24, 2.45) is 0 Å². The Hall–Kier alpha value is -3.02. The van der Waals surface area contributed by atoms with Crippen molar-refractivity contribution in [3.8, 4) is 0 Å². The Labute approximate surface area is 157 Å². The molecular formula is C21H24N4O2. The molecule has 1 unspecified atom stereocenters. The maximum Gasteiger partial charge on any atom is 0.255 e. The largest absolute Gasteiger partial charge is 0.367 e. The molecule has 2 aromatic heterocycles. The van der Waals surface area contributed by atoms with Gasteiger partial charge in [-0.05, 0) is 30.0 Å². The first-order chi connectivity index (χ1) is 13.2. The number of nitrogens with zero attached hydrogens (tertiary/aromatic N) is 1. The lowest BCUT2D eigenvalue weighted by atomic mass is 10.1. The van der Waals surface area contributed by atoms with Gasteiger partial charge in [0.25, 0.3) is 5.91 Å². The van der Waals surface area contributed by atoms with Crippen LogP contribution in [0, 0.1) is 0 Å². The van der Waals surface area contributed by atoms with Crippen LogP contribution in [0.1, 0.15) is 34.8 Å². The predicted octanol–water partition coefficient (Wildman–Crippen LogP) is 2.63. The van der Waals surface area contributed by atoms with E-state index in [0.717, 1.165) is 40.4 Å². The highest BCUT2D eigenvalue weighted by molar-refractivity contribution is 5.96. The van der Waals surface area contributed by atoms with E-state index in [1.807, 2.05) is 48.5 Å². The van der Waals surface area contributed by atoms with E-state index in [1.165, 1.54) is 0 Å². The van der Waals surface area contributed by atoms with Gasteiger partial charge in [0.05, 0.1) is 12.0 Å². The van der Waals surface area contributed by atoms with Gasteiger partial charge in [-0.15, -0.1) is 0 Å². The van der Waals surface area contributed by atoms with E-state index in [2.05, 4.69) is 15.3 Å². The van der Waals surface area contributed by atoms with Crippen LogP contribution in [0.25, 0.3) is 10.9 Å². The van der Waals surface area contributed by atoms with E-state index in [1.54, 1.807) is 6.20 Å². The van der Waals surface area contributed by atoms with E-state index in [-0.39, 0.29) is 17.9 Å². The van der Waals surface area contributed by atoms with Gasteiger partial charge in [0.15, 0.2) is 0 Å². The summed E-state index contributed by atoms with van der Waals surface area (Å²) in [6, 6.07) is 7.98. The van der Waals surface area contributed by atoms with E-state index in [4.69, 9.17) is 0 Å². The second-order valence-corrected chi connectivity index (χ2v) is 7.09. The van der Waals surface area contributed by atoms with Crippen LogP contribution in [0.15, 0.2) is 42.9 Å². The summed E-state index contributed by atoms with van der Waals surface area (Å²) in [5.74, 6) is 0.0384. The molecule has 1 aliphatic rings. The molecule has 2 amide bonds. The summed E-state index contributed by atoms with van der Waals surface area (Å²) in [5, 5.41) is 4.17.